The summed E-state index contributed by atoms with van der Waals surface area (Å²) >= 11 is 0. The Hall–Kier alpha value is -1.76. The molecule has 0 aliphatic rings. The Balaban J connectivity index is 2.26. The number of benzene rings is 2. The number of rotatable bonds is 14. The Bertz CT molecular complexity index is 861. The molecule has 0 fully saturated rings. The SMILES string of the molecule is CCCCCCCCCN(c1ccc(C(C)(C)CC(C)(C)C)cc1)c1ccc(C(C)(C)CC(C)(C)C)cc1. The summed E-state index contributed by atoms with van der Waals surface area (Å²) < 4.78 is 0. The molecule has 2 rings (SSSR count). The zero-order chi connectivity index (χ0) is 28.6. The molecule has 38 heavy (non-hydrogen) atoms. The molecule has 0 atom stereocenters. The zero-order valence-electron chi connectivity index (χ0n) is 27.1. The number of hydrogen-bond acceptors (Lipinski definition) is 1. The van der Waals surface area contributed by atoms with Gasteiger partial charge in [-0.05, 0) is 76.3 Å². The molecule has 0 spiro atoms. The van der Waals surface area contributed by atoms with Gasteiger partial charge >= 0.3 is 0 Å². The number of anilines is 2. The summed E-state index contributed by atoms with van der Waals surface area (Å²) in [4.78, 5) is 2.55. The molecule has 0 unspecified atom stereocenters. The summed E-state index contributed by atoms with van der Waals surface area (Å²) in [5.41, 5.74) is 6.46. The molecule has 0 amide bonds. The molecule has 0 heterocycles. The summed E-state index contributed by atoms with van der Waals surface area (Å²) in [6.07, 6.45) is 11.7. The Morgan fingerprint density at radius 3 is 1.16 bits per heavy atom. The summed E-state index contributed by atoms with van der Waals surface area (Å²) in [6, 6.07) is 18.9. The lowest BCUT2D eigenvalue weighted by molar-refractivity contribution is 0.283. The van der Waals surface area contributed by atoms with E-state index in [1.807, 2.05) is 0 Å². The quantitative estimate of drug-likeness (QED) is 0.224. The van der Waals surface area contributed by atoms with Gasteiger partial charge in [-0.2, -0.15) is 0 Å². The van der Waals surface area contributed by atoms with Gasteiger partial charge in [-0.1, -0.05) is 139 Å². The Morgan fingerprint density at radius 2 is 0.816 bits per heavy atom. The third-order valence-corrected chi connectivity index (χ3v) is 7.85. The van der Waals surface area contributed by atoms with Crippen molar-refractivity contribution in [1.29, 1.82) is 0 Å². The minimum absolute atomic E-state index is 0.167. The average Bonchev–Trinajstić information content (AvgIpc) is 2.78. The highest BCUT2D eigenvalue weighted by atomic mass is 15.1. The van der Waals surface area contributed by atoms with Crippen molar-refractivity contribution >= 4 is 11.4 Å². The zero-order valence-corrected chi connectivity index (χ0v) is 27.1. The fourth-order valence-electron chi connectivity index (χ4n) is 6.68. The van der Waals surface area contributed by atoms with Crippen LogP contribution in [-0.2, 0) is 10.8 Å². The Kier molecular flexibility index (Phi) is 11.6. The van der Waals surface area contributed by atoms with Crippen LogP contribution >= 0.6 is 0 Å². The smallest absolute Gasteiger partial charge is 0.0410 e. The molecule has 0 aliphatic carbocycles. The van der Waals surface area contributed by atoms with Crippen LogP contribution in [0.2, 0.25) is 0 Å². The van der Waals surface area contributed by atoms with E-state index in [1.165, 1.54) is 80.3 Å². The van der Waals surface area contributed by atoms with Crippen molar-refractivity contribution < 1.29 is 0 Å². The van der Waals surface area contributed by atoms with Crippen LogP contribution in [0.25, 0.3) is 0 Å². The van der Waals surface area contributed by atoms with Gasteiger partial charge in [0.2, 0.25) is 0 Å². The number of nitrogens with zero attached hydrogens (tertiary/aromatic N) is 1. The van der Waals surface area contributed by atoms with E-state index >= 15 is 0 Å². The first kappa shape index (κ1) is 32.5. The highest BCUT2D eigenvalue weighted by Crippen LogP contribution is 2.39. The maximum atomic E-state index is 2.55. The van der Waals surface area contributed by atoms with Gasteiger partial charge in [-0.25, -0.2) is 0 Å². The Labute approximate surface area is 237 Å². The first-order valence-electron chi connectivity index (χ1n) is 15.5. The van der Waals surface area contributed by atoms with Crippen LogP contribution < -0.4 is 4.90 Å². The molecule has 0 bridgehead atoms. The first-order chi connectivity index (χ1) is 17.5. The highest BCUT2D eigenvalue weighted by molar-refractivity contribution is 5.64. The van der Waals surface area contributed by atoms with E-state index in [0.717, 1.165) is 6.54 Å². The minimum atomic E-state index is 0.167. The molecule has 214 valence electrons. The van der Waals surface area contributed by atoms with Gasteiger partial charge in [0, 0.05) is 17.9 Å². The van der Waals surface area contributed by atoms with Crippen LogP contribution in [0, 0.1) is 10.8 Å². The lowest BCUT2D eigenvalue weighted by Crippen LogP contribution is -2.25. The van der Waals surface area contributed by atoms with Crippen molar-refractivity contribution in [3.8, 4) is 0 Å². The molecule has 0 aliphatic heterocycles. The van der Waals surface area contributed by atoms with Crippen molar-refractivity contribution in [2.24, 2.45) is 10.8 Å². The van der Waals surface area contributed by atoms with Crippen molar-refractivity contribution in [2.45, 2.75) is 145 Å². The number of unbranched alkanes of at least 4 members (excludes halogenated alkanes) is 6. The maximum Gasteiger partial charge on any atom is 0.0410 e. The monoisotopic (exact) mass is 519 g/mol. The van der Waals surface area contributed by atoms with Crippen LogP contribution in [0.3, 0.4) is 0 Å². The summed E-state index contributed by atoms with van der Waals surface area (Å²) in [6.45, 7) is 27.0. The second kappa shape index (κ2) is 13.5. The third kappa shape index (κ3) is 10.8. The topological polar surface area (TPSA) is 3.24 Å². The summed E-state index contributed by atoms with van der Waals surface area (Å²) in [5.74, 6) is 0. The van der Waals surface area contributed by atoms with Crippen molar-refractivity contribution in [3.63, 3.8) is 0 Å². The summed E-state index contributed by atoms with van der Waals surface area (Å²) in [7, 11) is 0. The van der Waals surface area contributed by atoms with Crippen LogP contribution in [0.1, 0.15) is 145 Å². The van der Waals surface area contributed by atoms with Gasteiger partial charge in [0.05, 0.1) is 0 Å². The van der Waals surface area contributed by atoms with E-state index in [-0.39, 0.29) is 10.8 Å². The lowest BCUT2D eigenvalue weighted by atomic mass is 9.72. The van der Waals surface area contributed by atoms with Gasteiger partial charge < -0.3 is 4.90 Å². The van der Waals surface area contributed by atoms with E-state index in [9.17, 15) is 0 Å². The summed E-state index contributed by atoms with van der Waals surface area (Å²) in [5, 5.41) is 0. The predicted octanol–water partition coefficient (Wildman–Crippen LogP) is 12.0. The van der Waals surface area contributed by atoms with Gasteiger partial charge in [-0.15, -0.1) is 0 Å². The molecular formula is C37H61N. The van der Waals surface area contributed by atoms with Crippen molar-refractivity contribution in [3.05, 3.63) is 59.7 Å². The van der Waals surface area contributed by atoms with E-state index in [4.69, 9.17) is 0 Å². The standard InChI is InChI=1S/C37H61N/c1-12-13-14-15-16-17-18-27-38(32-23-19-30(20-24-32)36(8,9)28-34(2,3)4)33-25-21-31(22-26-33)37(10,11)29-35(5,6)7/h19-26H,12-18,27-29H2,1-11H3. The lowest BCUT2D eigenvalue weighted by Gasteiger charge is -2.34. The van der Waals surface area contributed by atoms with Crippen LogP contribution in [0.15, 0.2) is 48.5 Å². The molecule has 2 aromatic carbocycles. The van der Waals surface area contributed by atoms with Crippen LogP contribution in [0.5, 0.6) is 0 Å². The van der Waals surface area contributed by atoms with Crippen molar-refractivity contribution in [1.82, 2.24) is 0 Å². The maximum absolute atomic E-state index is 2.55. The Morgan fingerprint density at radius 1 is 0.474 bits per heavy atom. The van der Waals surface area contributed by atoms with E-state index < -0.39 is 0 Å². The van der Waals surface area contributed by atoms with Crippen molar-refractivity contribution in [2.75, 3.05) is 11.4 Å². The van der Waals surface area contributed by atoms with Gasteiger partial charge in [0.15, 0.2) is 0 Å². The second-order valence-corrected chi connectivity index (χ2v) is 15.6. The third-order valence-electron chi connectivity index (χ3n) is 7.85. The molecule has 0 aromatic heterocycles. The predicted molar refractivity (Wildman–Crippen MR) is 172 cm³/mol. The molecule has 2 aromatic rings. The van der Waals surface area contributed by atoms with E-state index in [1.54, 1.807) is 0 Å². The van der Waals surface area contributed by atoms with Gasteiger partial charge in [-0.3, -0.25) is 0 Å². The largest absolute Gasteiger partial charge is 0.341 e. The molecule has 0 radical (unpaired) electrons. The van der Waals surface area contributed by atoms with Crippen LogP contribution in [0.4, 0.5) is 11.4 Å². The molecule has 1 heteroatoms. The average molecular weight is 520 g/mol. The highest BCUT2D eigenvalue weighted by Gasteiger charge is 2.28. The normalized spacial score (nSPS) is 13.1. The van der Waals surface area contributed by atoms with Gasteiger partial charge in [0.25, 0.3) is 0 Å². The minimum Gasteiger partial charge on any atom is -0.341 e. The van der Waals surface area contributed by atoms with Gasteiger partial charge in [0.1, 0.15) is 0 Å². The molecule has 0 N–H and O–H groups in total. The van der Waals surface area contributed by atoms with E-state index in [2.05, 4.69) is 130 Å². The molecular weight excluding hydrogens is 458 g/mol. The number of hydrogen-bond donors (Lipinski definition) is 0. The fourth-order valence-corrected chi connectivity index (χ4v) is 6.68. The first-order valence-corrected chi connectivity index (χ1v) is 15.5. The molecule has 1 nitrogen and oxygen atoms in total. The van der Waals surface area contributed by atoms with E-state index in [0.29, 0.717) is 10.8 Å². The van der Waals surface area contributed by atoms with Crippen LogP contribution in [-0.4, -0.2) is 6.54 Å². The molecule has 0 saturated carbocycles. The molecule has 0 saturated heterocycles. The second-order valence-electron chi connectivity index (χ2n) is 15.6. The fraction of sp³-hybridized carbons (Fsp3) is 0.676.